The van der Waals surface area contributed by atoms with Crippen LogP contribution < -0.4 is 10.1 Å². The van der Waals surface area contributed by atoms with Gasteiger partial charge in [0.2, 0.25) is 0 Å². The normalized spacial score (nSPS) is 12.9. The van der Waals surface area contributed by atoms with E-state index in [0.29, 0.717) is 0 Å². The molecule has 0 aliphatic rings. The lowest BCUT2D eigenvalue weighted by atomic mass is 10.0. The Labute approximate surface area is 127 Å². The molecule has 0 saturated carbocycles. The average Bonchev–Trinajstić information content (AvgIpc) is 2.38. The third-order valence-electron chi connectivity index (χ3n) is 3.17. The van der Waals surface area contributed by atoms with Crippen LogP contribution in [0.3, 0.4) is 0 Å². The van der Waals surface area contributed by atoms with Gasteiger partial charge >= 0.3 is 5.97 Å². The summed E-state index contributed by atoms with van der Waals surface area (Å²) in [4.78, 5) is 11.5. The molecule has 1 rings (SSSR count). The second-order valence-corrected chi connectivity index (χ2v) is 6.45. The molecule has 0 radical (unpaired) electrons. The van der Waals surface area contributed by atoms with Gasteiger partial charge in [-0.15, -0.1) is 0 Å². The van der Waals surface area contributed by atoms with Crippen molar-refractivity contribution in [2.45, 2.75) is 59.7 Å². The SMILES string of the molecule is COC(=O)C(C)Oc1c(C)cc(CNC(C)(C)C)cc1C. The van der Waals surface area contributed by atoms with Gasteiger partial charge in [0.1, 0.15) is 5.75 Å². The van der Waals surface area contributed by atoms with Gasteiger partial charge in [-0.2, -0.15) is 0 Å². The van der Waals surface area contributed by atoms with Gasteiger partial charge in [-0.1, -0.05) is 12.1 Å². The van der Waals surface area contributed by atoms with Crippen LogP contribution in [0.5, 0.6) is 5.75 Å². The monoisotopic (exact) mass is 293 g/mol. The fourth-order valence-corrected chi connectivity index (χ4v) is 2.09. The molecule has 0 amide bonds. The predicted octanol–water partition coefficient (Wildman–Crippen LogP) is 3.13. The Morgan fingerprint density at radius 1 is 1.24 bits per heavy atom. The number of benzene rings is 1. The van der Waals surface area contributed by atoms with Crippen molar-refractivity contribution in [2.75, 3.05) is 7.11 Å². The fourth-order valence-electron chi connectivity index (χ4n) is 2.09. The van der Waals surface area contributed by atoms with Gasteiger partial charge in [0.15, 0.2) is 6.10 Å². The first-order valence-corrected chi connectivity index (χ1v) is 7.23. The van der Waals surface area contributed by atoms with Crippen LogP contribution >= 0.6 is 0 Å². The van der Waals surface area contributed by atoms with Crippen molar-refractivity contribution in [1.82, 2.24) is 5.32 Å². The van der Waals surface area contributed by atoms with E-state index in [-0.39, 0.29) is 11.5 Å². The van der Waals surface area contributed by atoms with E-state index in [4.69, 9.17) is 4.74 Å². The maximum Gasteiger partial charge on any atom is 0.346 e. The molecule has 1 N–H and O–H groups in total. The van der Waals surface area contributed by atoms with Crippen molar-refractivity contribution in [2.24, 2.45) is 0 Å². The number of rotatable bonds is 5. The molecule has 0 heterocycles. The molecule has 0 saturated heterocycles. The highest BCUT2D eigenvalue weighted by molar-refractivity contribution is 5.74. The van der Waals surface area contributed by atoms with Gasteiger partial charge in [0.25, 0.3) is 0 Å². The first kappa shape index (κ1) is 17.5. The Balaban J connectivity index is 2.87. The van der Waals surface area contributed by atoms with Gasteiger partial charge in [0.05, 0.1) is 7.11 Å². The van der Waals surface area contributed by atoms with Gasteiger partial charge in [-0.05, 0) is 58.2 Å². The molecule has 0 fully saturated rings. The standard InChI is InChI=1S/C17H27NO3/c1-11-8-14(10-18-17(4,5)6)9-12(2)15(11)21-13(3)16(19)20-7/h8-9,13,18H,10H2,1-7H3. The zero-order valence-corrected chi connectivity index (χ0v) is 14.2. The van der Waals surface area contributed by atoms with Crippen LogP contribution in [0, 0.1) is 13.8 Å². The Bertz CT molecular complexity index is 480. The molecule has 0 aromatic heterocycles. The van der Waals surface area contributed by atoms with Crippen LogP contribution in [0.2, 0.25) is 0 Å². The van der Waals surface area contributed by atoms with E-state index in [0.717, 1.165) is 23.4 Å². The number of hydrogen-bond donors (Lipinski definition) is 1. The predicted molar refractivity (Wildman–Crippen MR) is 84.6 cm³/mol. The Hall–Kier alpha value is -1.55. The zero-order chi connectivity index (χ0) is 16.2. The van der Waals surface area contributed by atoms with Crippen LogP contribution in [0.1, 0.15) is 44.4 Å². The summed E-state index contributed by atoms with van der Waals surface area (Å²) in [6.45, 7) is 12.9. The minimum absolute atomic E-state index is 0.0797. The summed E-state index contributed by atoms with van der Waals surface area (Å²) in [5.74, 6) is 0.389. The highest BCUT2D eigenvalue weighted by Gasteiger charge is 2.18. The van der Waals surface area contributed by atoms with Gasteiger partial charge < -0.3 is 14.8 Å². The Kier molecular flexibility index (Phi) is 5.78. The topological polar surface area (TPSA) is 47.6 Å². The number of nitrogens with one attached hydrogen (secondary N) is 1. The smallest absolute Gasteiger partial charge is 0.346 e. The largest absolute Gasteiger partial charge is 0.478 e. The van der Waals surface area contributed by atoms with Crippen LogP contribution in [0.4, 0.5) is 0 Å². The molecular formula is C17H27NO3. The molecule has 1 aromatic carbocycles. The molecule has 21 heavy (non-hydrogen) atoms. The summed E-state index contributed by atoms with van der Waals surface area (Å²) in [7, 11) is 1.36. The Morgan fingerprint density at radius 3 is 2.19 bits per heavy atom. The van der Waals surface area contributed by atoms with Crippen molar-refractivity contribution in [3.63, 3.8) is 0 Å². The molecule has 0 spiro atoms. The van der Waals surface area contributed by atoms with Crippen LogP contribution in [0.25, 0.3) is 0 Å². The van der Waals surface area contributed by atoms with Crippen LogP contribution in [-0.4, -0.2) is 24.7 Å². The summed E-state index contributed by atoms with van der Waals surface area (Å²) in [6, 6.07) is 4.18. The third-order valence-corrected chi connectivity index (χ3v) is 3.17. The molecule has 4 nitrogen and oxygen atoms in total. The molecule has 118 valence electrons. The van der Waals surface area contributed by atoms with Gasteiger partial charge in [-0.3, -0.25) is 0 Å². The number of carbonyl (C=O) groups excluding carboxylic acids is 1. The zero-order valence-electron chi connectivity index (χ0n) is 14.2. The summed E-state index contributed by atoms with van der Waals surface area (Å²) < 4.78 is 10.4. The average molecular weight is 293 g/mol. The van der Waals surface area contributed by atoms with Crippen molar-refractivity contribution in [3.8, 4) is 5.75 Å². The number of methoxy groups -OCH3 is 1. The lowest BCUT2D eigenvalue weighted by Crippen LogP contribution is -2.35. The van der Waals surface area contributed by atoms with Crippen molar-refractivity contribution in [3.05, 3.63) is 28.8 Å². The van der Waals surface area contributed by atoms with E-state index >= 15 is 0 Å². The van der Waals surface area contributed by atoms with Crippen LogP contribution in [0.15, 0.2) is 12.1 Å². The summed E-state index contributed by atoms with van der Waals surface area (Å²) >= 11 is 0. The van der Waals surface area contributed by atoms with Crippen molar-refractivity contribution < 1.29 is 14.3 Å². The molecule has 0 bridgehead atoms. The summed E-state index contributed by atoms with van der Waals surface area (Å²) in [5, 5.41) is 3.47. The molecule has 0 aliphatic heterocycles. The third kappa shape index (κ3) is 5.38. The van der Waals surface area contributed by atoms with E-state index in [2.05, 4.69) is 43.0 Å². The first-order valence-electron chi connectivity index (χ1n) is 7.23. The van der Waals surface area contributed by atoms with Crippen molar-refractivity contribution in [1.29, 1.82) is 0 Å². The molecule has 0 aliphatic carbocycles. The number of aryl methyl sites for hydroxylation is 2. The highest BCUT2D eigenvalue weighted by Crippen LogP contribution is 2.26. The quantitative estimate of drug-likeness (QED) is 0.847. The minimum atomic E-state index is -0.606. The summed E-state index contributed by atoms with van der Waals surface area (Å²) in [5.41, 5.74) is 3.34. The number of carbonyl (C=O) groups is 1. The Morgan fingerprint density at radius 2 is 1.76 bits per heavy atom. The van der Waals surface area contributed by atoms with Gasteiger partial charge in [0, 0.05) is 12.1 Å². The highest BCUT2D eigenvalue weighted by atomic mass is 16.6. The fraction of sp³-hybridized carbons (Fsp3) is 0.588. The second kappa shape index (κ2) is 6.94. The van der Waals surface area contributed by atoms with E-state index in [1.54, 1.807) is 6.92 Å². The maximum absolute atomic E-state index is 11.5. The maximum atomic E-state index is 11.5. The minimum Gasteiger partial charge on any atom is -0.478 e. The van der Waals surface area contributed by atoms with E-state index in [1.165, 1.54) is 12.7 Å². The van der Waals surface area contributed by atoms with Crippen molar-refractivity contribution >= 4 is 5.97 Å². The van der Waals surface area contributed by atoms with Crippen LogP contribution in [-0.2, 0) is 16.1 Å². The lowest BCUT2D eigenvalue weighted by Gasteiger charge is -2.22. The number of esters is 1. The lowest BCUT2D eigenvalue weighted by molar-refractivity contribution is -0.147. The molecule has 1 unspecified atom stereocenters. The van der Waals surface area contributed by atoms with E-state index in [9.17, 15) is 4.79 Å². The molecule has 4 heteroatoms. The van der Waals surface area contributed by atoms with Gasteiger partial charge in [-0.25, -0.2) is 4.79 Å². The summed E-state index contributed by atoms with van der Waals surface area (Å²) in [6.07, 6.45) is -0.606. The van der Waals surface area contributed by atoms with E-state index < -0.39 is 6.10 Å². The second-order valence-electron chi connectivity index (χ2n) is 6.45. The first-order chi connectivity index (χ1) is 9.64. The number of hydrogen-bond acceptors (Lipinski definition) is 4. The number of ether oxygens (including phenoxy) is 2. The van der Waals surface area contributed by atoms with E-state index in [1.807, 2.05) is 13.8 Å². The molecular weight excluding hydrogens is 266 g/mol. The molecule has 1 aromatic rings. The molecule has 1 atom stereocenters.